The molecule has 2 rings (SSSR count). The van der Waals surface area contributed by atoms with Gasteiger partial charge in [-0.15, -0.1) is 0 Å². The maximum atomic E-state index is 11.7. The third-order valence-electron chi connectivity index (χ3n) is 2.92. The second-order valence-corrected chi connectivity index (χ2v) is 4.04. The van der Waals surface area contributed by atoms with Crippen LogP contribution in [0.2, 0.25) is 0 Å². The summed E-state index contributed by atoms with van der Waals surface area (Å²) < 4.78 is 1.82. The average Bonchev–Trinajstić information content (AvgIpc) is 2.70. The largest absolute Gasteiger partial charge is 0.327 e. The van der Waals surface area contributed by atoms with Crippen molar-refractivity contribution >= 4 is 0 Å². The fraction of sp³-hybridized carbons (Fsp3) is 0.417. The SMILES string of the molecule is C=C(CN)Cn1c2c(ccc1=O)CCC2. The number of hydrogen-bond donors (Lipinski definition) is 1. The van der Waals surface area contributed by atoms with Gasteiger partial charge in [0.15, 0.2) is 0 Å². The minimum absolute atomic E-state index is 0.0604. The van der Waals surface area contributed by atoms with Crippen LogP contribution in [0.3, 0.4) is 0 Å². The Morgan fingerprint density at radius 3 is 3.00 bits per heavy atom. The molecule has 3 nitrogen and oxygen atoms in total. The molecule has 0 saturated carbocycles. The predicted molar refractivity (Wildman–Crippen MR) is 60.9 cm³/mol. The first-order valence-corrected chi connectivity index (χ1v) is 5.30. The molecule has 0 fully saturated rings. The topological polar surface area (TPSA) is 48.0 Å². The van der Waals surface area contributed by atoms with Gasteiger partial charge in [-0.2, -0.15) is 0 Å². The number of rotatable bonds is 3. The maximum Gasteiger partial charge on any atom is 0.251 e. The van der Waals surface area contributed by atoms with Crippen LogP contribution in [0.4, 0.5) is 0 Å². The van der Waals surface area contributed by atoms with E-state index in [2.05, 4.69) is 6.58 Å². The fourth-order valence-corrected chi connectivity index (χ4v) is 2.10. The number of nitrogens with zero attached hydrogens (tertiary/aromatic N) is 1. The van der Waals surface area contributed by atoms with Crippen molar-refractivity contribution in [3.63, 3.8) is 0 Å². The summed E-state index contributed by atoms with van der Waals surface area (Å²) in [6.45, 7) is 4.86. The number of aryl methyl sites for hydroxylation is 1. The predicted octanol–water partition coefficient (Wildman–Crippen LogP) is 0.852. The molecule has 0 aromatic carbocycles. The summed E-state index contributed by atoms with van der Waals surface area (Å²) in [5.41, 5.74) is 8.94. The van der Waals surface area contributed by atoms with Crippen LogP contribution in [-0.4, -0.2) is 11.1 Å². The Kier molecular flexibility index (Phi) is 2.73. The summed E-state index contributed by atoms with van der Waals surface area (Å²) in [5, 5.41) is 0. The zero-order valence-corrected chi connectivity index (χ0v) is 8.83. The van der Waals surface area contributed by atoms with Gasteiger partial charge in [0.1, 0.15) is 0 Å². The number of aromatic nitrogens is 1. The van der Waals surface area contributed by atoms with Crippen LogP contribution in [0.5, 0.6) is 0 Å². The lowest BCUT2D eigenvalue weighted by atomic mass is 10.2. The molecule has 1 aromatic rings. The van der Waals surface area contributed by atoms with E-state index in [1.807, 2.05) is 10.6 Å². The Balaban J connectivity index is 2.41. The summed E-state index contributed by atoms with van der Waals surface area (Å²) in [6.07, 6.45) is 3.24. The van der Waals surface area contributed by atoms with Gasteiger partial charge in [0.25, 0.3) is 5.56 Å². The lowest BCUT2D eigenvalue weighted by molar-refractivity contribution is 0.691. The molecule has 0 aliphatic heterocycles. The van der Waals surface area contributed by atoms with E-state index in [0.29, 0.717) is 13.1 Å². The van der Waals surface area contributed by atoms with Gasteiger partial charge in [0.05, 0.1) is 0 Å². The quantitative estimate of drug-likeness (QED) is 0.742. The second-order valence-electron chi connectivity index (χ2n) is 4.04. The number of fused-ring (bicyclic) bond motifs is 1. The molecule has 15 heavy (non-hydrogen) atoms. The van der Waals surface area contributed by atoms with Crippen molar-refractivity contribution in [2.75, 3.05) is 6.54 Å². The molecule has 0 bridgehead atoms. The maximum absolute atomic E-state index is 11.7. The zero-order chi connectivity index (χ0) is 10.8. The minimum atomic E-state index is 0.0604. The van der Waals surface area contributed by atoms with Crippen molar-refractivity contribution in [2.24, 2.45) is 5.73 Å². The van der Waals surface area contributed by atoms with Crippen molar-refractivity contribution in [3.8, 4) is 0 Å². The molecule has 0 amide bonds. The number of nitrogens with two attached hydrogens (primary N) is 1. The standard InChI is InChI=1S/C12H16N2O/c1-9(7-13)8-14-11-4-2-3-10(11)5-6-12(14)15/h5-6H,1-4,7-8,13H2. The molecule has 0 radical (unpaired) electrons. The third-order valence-corrected chi connectivity index (χ3v) is 2.92. The Bertz CT molecular complexity index is 445. The second kappa shape index (κ2) is 4.03. The number of hydrogen-bond acceptors (Lipinski definition) is 2. The van der Waals surface area contributed by atoms with Crippen molar-refractivity contribution < 1.29 is 0 Å². The highest BCUT2D eigenvalue weighted by Gasteiger charge is 2.15. The summed E-state index contributed by atoms with van der Waals surface area (Å²) in [7, 11) is 0. The van der Waals surface area contributed by atoms with Crippen molar-refractivity contribution in [3.05, 3.63) is 45.9 Å². The fourth-order valence-electron chi connectivity index (χ4n) is 2.10. The minimum Gasteiger partial charge on any atom is -0.327 e. The van der Waals surface area contributed by atoms with Crippen LogP contribution in [0.15, 0.2) is 29.1 Å². The van der Waals surface area contributed by atoms with Gasteiger partial charge >= 0.3 is 0 Å². The van der Waals surface area contributed by atoms with E-state index in [9.17, 15) is 4.79 Å². The van der Waals surface area contributed by atoms with Crippen LogP contribution >= 0.6 is 0 Å². The molecular weight excluding hydrogens is 188 g/mol. The number of pyridine rings is 1. The Morgan fingerprint density at radius 1 is 1.47 bits per heavy atom. The monoisotopic (exact) mass is 204 g/mol. The van der Waals surface area contributed by atoms with E-state index in [1.165, 1.54) is 11.3 Å². The van der Waals surface area contributed by atoms with E-state index in [-0.39, 0.29) is 5.56 Å². The van der Waals surface area contributed by atoms with Gasteiger partial charge in [-0.25, -0.2) is 0 Å². The Morgan fingerprint density at radius 2 is 2.27 bits per heavy atom. The first kappa shape index (κ1) is 10.2. The van der Waals surface area contributed by atoms with E-state index < -0.39 is 0 Å². The highest BCUT2D eigenvalue weighted by atomic mass is 16.1. The molecular formula is C12H16N2O. The summed E-state index contributed by atoms with van der Waals surface area (Å²) in [5.74, 6) is 0. The molecule has 1 heterocycles. The third kappa shape index (κ3) is 1.88. The van der Waals surface area contributed by atoms with Crippen LogP contribution in [0, 0.1) is 0 Å². The molecule has 1 aromatic heterocycles. The first-order valence-electron chi connectivity index (χ1n) is 5.30. The molecule has 1 aliphatic carbocycles. The van der Waals surface area contributed by atoms with Crippen LogP contribution in [0.25, 0.3) is 0 Å². The van der Waals surface area contributed by atoms with Gasteiger partial charge in [-0.05, 0) is 30.4 Å². The normalized spacial score (nSPS) is 13.9. The first-order chi connectivity index (χ1) is 7.22. The Labute approximate surface area is 89.2 Å². The van der Waals surface area contributed by atoms with Crippen molar-refractivity contribution in [1.82, 2.24) is 4.57 Å². The van der Waals surface area contributed by atoms with Crippen LogP contribution in [0.1, 0.15) is 17.7 Å². The lowest BCUT2D eigenvalue weighted by Crippen LogP contribution is -2.25. The summed E-state index contributed by atoms with van der Waals surface area (Å²) in [6, 6.07) is 3.60. The van der Waals surface area contributed by atoms with E-state index in [0.717, 1.165) is 24.8 Å². The average molecular weight is 204 g/mol. The van der Waals surface area contributed by atoms with Crippen LogP contribution in [-0.2, 0) is 19.4 Å². The highest BCUT2D eigenvalue weighted by Crippen LogP contribution is 2.20. The highest BCUT2D eigenvalue weighted by molar-refractivity contribution is 5.26. The van der Waals surface area contributed by atoms with Crippen molar-refractivity contribution in [1.29, 1.82) is 0 Å². The van der Waals surface area contributed by atoms with Gasteiger partial charge in [-0.1, -0.05) is 12.6 Å². The smallest absolute Gasteiger partial charge is 0.251 e. The van der Waals surface area contributed by atoms with E-state index >= 15 is 0 Å². The van der Waals surface area contributed by atoms with Gasteiger partial charge in [0, 0.05) is 24.8 Å². The van der Waals surface area contributed by atoms with Gasteiger partial charge in [-0.3, -0.25) is 4.79 Å². The van der Waals surface area contributed by atoms with E-state index in [4.69, 9.17) is 5.73 Å². The van der Waals surface area contributed by atoms with Gasteiger partial charge < -0.3 is 10.3 Å². The zero-order valence-electron chi connectivity index (χ0n) is 8.83. The molecule has 1 aliphatic rings. The molecule has 0 saturated heterocycles. The van der Waals surface area contributed by atoms with E-state index in [1.54, 1.807) is 6.07 Å². The molecule has 80 valence electrons. The molecule has 3 heteroatoms. The lowest BCUT2D eigenvalue weighted by Gasteiger charge is -2.12. The summed E-state index contributed by atoms with van der Waals surface area (Å²) >= 11 is 0. The molecule has 0 spiro atoms. The van der Waals surface area contributed by atoms with Crippen LogP contribution < -0.4 is 11.3 Å². The molecule has 0 atom stereocenters. The molecule has 0 unspecified atom stereocenters. The summed E-state index contributed by atoms with van der Waals surface area (Å²) in [4.78, 5) is 11.7. The Hall–Kier alpha value is -1.35. The van der Waals surface area contributed by atoms with Gasteiger partial charge in [0.2, 0.25) is 0 Å². The van der Waals surface area contributed by atoms with Crippen molar-refractivity contribution in [2.45, 2.75) is 25.8 Å². The molecule has 2 N–H and O–H groups in total.